The first-order valence-corrected chi connectivity index (χ1v) is 10.5. The molecule has 0 unspecified atom stereocenters. The molecule has 2 aromatic rings. The highest BCUT2D eigenvalue weighted by molar-refractivity contribution is 9.09. The quantitative estimate of drug-likeness (QED) is 0.604. The van der Waals surface area contributed by atoms with Crippen molar-refractivity contribution in [3.63, 3.8) is 0 Å². The summed E-state index contributed by atoms with van der Waals surface area (Å²) < 4.78 is 10.8. The van der Waals surface area contributed by atoms with E-state index in [0.717, 1.165) is 53.8 Å². The summed E-state index contributed by atoms with van der Waals surface area (Å²) in [6, 6.07) is 15.5. The molecule has 0 bridgehead atoms. The van der Waals surface area contributed by atoms with E-state index in [0.29, 0.717) is 6.61 Å². The van der Waals surface area contributed by atoms with Crippen molar-refractivity contribution < 1.29 is 14.3 Å². The molecule has 1 saturated carbocycles. The van der Waals surface area contributed by atoms with Crippen molar-refractivity contribution in [1.29, 1.82) is 0 Å². The Labute approximate surface area is 169 Å². The molecule has 4 nitrogen and oxygen atoms in total. The van der Waals surface area contributed by atoms with Crippen molar-refractivity contribution in [1.82, 2.24) is 0 Å². The van der Waals surface area contributed by atoms with Crippen LogP contribution in [-0.4, -0.2) is 25.0 Å². The van der Waals surface area contributed by atoms with Gasteiger partial charge in [-0.25, -0.2) is 0 Å². The van der Waals surface area contributed by atoms with Gasteiger partial charge in [0, 0.05) is 11.0 Å². The van der Waals surface area contributed by atoms with Crippen LogP contribution in [0, 0.1) is 0 Å². The number of ether oxygens (including phenoxy) is 2. The Balaban J connectivity index is 1.79. The third-order valence-electron chi connectivity index (χ3n) is 5.24. The molecule has 1 N–H and O–H groups in total. The Hall–Kier alpha value is -2.01. The van der Waals surface area contributed by atoms with Gasteiger partial charge in [-0.05, 0) is 54.8 Å². The highest BCUT2D eigenvalue weighted by atomic mass is 79.9. The fraction of sp³-hybridized carbons (Fsp3) is 0.409. The maximum absolute atomic E-state index is 13.3. The lowest BCUT2D eigenvalue weighted by Gasteiger charge is -2.36. The number of hydrogen-bond acceptors (Lipinski definition) is 3. The van der Waals surface area contributed by atoms with E-state index < -0.39 is 5.41 Å². The van der Waals surface area contributed by atoms with Crippen molar-refractivity contribution in [3.8, 4) is 11.5 Å². The molecule has 1 aliphatic rings. The zero-order valence-electron chi connectivity index (χ0n) is 15.7. The summed E-state index contributed by atoms with van der Waals surface area (Å²) in [5, 5.41) is 3.92. The van der Waals surface area contributed by atoms with Gasteiger partial charge in [0.15, 0.2) is 0 Å². The van der Waals surface area contributed by atoms with Gasteiger partial charge in [0.1, 0.15) is 11.5 Å². The first-order chi connectivity index (χ1) is 13.2. The van der Waals surface area contributed by atoms with Crippen molar-refractivity contribution in [3.05, 3.63) is 54.1 Å². The smallest absolute Gasteiger partial charge is 0.235 e. The molecule has 3 rings (SSSR count). The molecule has 0 atom stereocenters. The molecule has 0 saturated heterocycles. The van der Waals surface area contributed by atoms with Gasteiger partial charge in [-0.1, -0.05) is 47.3 Å². The van der Waals surface area contributed by atoms with Crippen molar-refractivity contribution >= 4 is 27.5 Å². The van der Waals surface area contributed by atoms with Crippen LogP contribution in [0.15, 0.2) is 48.5 Å². The molecule has 0 radical (unpaired) electrons. The van der Waals surface area contributed by atoms with Gasteiger partial charge in [-0.3, -0.25) is 4.79 Å². The predicted octanol–water partition coefficient (Wildman–Crippen LogP) is 5.31. The van der Waals surface area contributed by atoms with Crippen LogP contribution in [0.2, 0.25) is 0 Å². The molecule has 0 spiro atoms. The zero-order valence-corrected chi connectivity index (χ0v) is 17.3. The normalized spacial score (nSPS) is 15.8. The molecular weight excluding hydrogens is 406 g/mol. The second-order valence-electron chi connectivity index (χ2n) is 6.89. The summed E-state index contributed by atoms with van der Waals surface area (Å²) >= 11 is 3.35. The van der Waals surface area contributed by atoms with Gasteiger partial charge in [0.2, 0.25) is 5.91 Å². The monoisotopic (exact) mass is 431 g/mol. The van der Waals surface area contributed by atoms with E-state index in [4.69, 9.17) is 9.47 Å². The topological polar surface area (TPSA) is 47.6 Å². The Kier molecular flexibility index (Phi) is 6.78. The number of amides is 1. The highest BCUT2D eigenvalue weighted by Gasteiger charge is 2.41. The Bertz CT molecular complexity index is 737. The van der Waals surface area contributed by atoms with Crippen LogP contribution in [0.25, 0.3) is 0 Å². The van der Waals surface area contributed by atoms with E-state index in [9.17, 15) is 4.79 Å². The lowest BCUT2D eigenvalue weighted by atomic mass is 9.68. The van der Waals surface area contributed by atoms with E-state index in [1.165, 1.54) is 6.42 Å². The molecule has 27 heavy (non-hydrogen) atoms. The number of rotatable bonds is 7. The average molecular weight is 432 g/mol. The largest absolute Gasteiger partial charge is 0.497 e. The summed E-state index contributed by atoms with van der Waals surface area (Å²) in [4.78, 5) is 13.3. The number of hydrogen-bond donors (Lipinski definition) is 1. The third-order valence-corrected chi connectivity index (χ3v) is 5.57. The van der Waals surface area contributed by atoms with E-state index in [-0.39, 0.29) is 5.91 Å². The second-order valence-corrected chi connectivity index (χ2v) is 7.68. The van der Waals surface area contributed by atoms with Gasteiger partial charge in [0.05, 0.1) is 19.1 Å². The van der Waals surface area contributed by atoms with Gasteiger partial charge in [-0.15, -0.1) is 0 Å². The number of benzene rings is 2. The van der Waals surface area contributed by atoms with Gasteiger partial charge >= 0.3 is 0 Å². The fourth-order valence-electron chi connectivity index (χ4n) is 3.75. The standard InChI is InChI=1S/C22H26BrNO3/c1-26-19-9-5-17(6-10-19)22(13-3-2-4-14-22)21(25)24-18-7-11-20(12-8-18)27-16-15-23/h5-12H,2-4,13-16H2,1H3,(H,24,25). The maximum atomic E-state index is 13.3. The molecule has 1 fully saturated rings. The van der Waals surface area contributed by atoms with Crippen molar-refractivity contribution in [2.24, 2.45) is 0 Å². The van der Waals surface area contributed by atoms with Gasteiger partial charge in [-0.2, -0.15) is 0 Å². The molecule has 0 aliphatic heterocycles. The average Bonchev–Trinajstić information content (AvgIpc) is 2.73. The molecule has 1 amide bonds. The third kappa shape index (κ3) is 4.64. The minimum absolute atomic E-state index is 0.0708. The van der Waals surface area contributed by atoms with Crippen LogP contribution < -0.4 is 14.8 Å². The predicted molar refractivity (Wildman–Crippen MR) is 112 cm³/mol. The van der Waals surface area contributed by atoms with Crippen molar-refractivity contribution in [2.45, 2.75) is 37.5 Å². The lowest BCUT2D eigenvalue weighted by molar-refractivity contribution is -0.122. The van der Waals surface area contributed by atoms with Crippen LogP contribution in [-0.2, 0) is 10.2 Å². The molecule has 0 heterocycles. The van der Waals surface area contributed by atoms with E-state index in [1.54, 1.807) is 7.11 Å². The lowest BCUT2D eigenvalue weighted by Crippen LogP contribution is -2.42. The zero-order chi connectivity index (χ0) is 19.1. The fourth-order valence-corrected chi connectivity index (χ4v) is 3.92. The Morgan fingerprint density at radius 1 is 1.00 bits per heavy atom. The Morgan fingerprint density at radius 3 is 2.22 bits per heavy atom. The number of anilines is 1. The summed E-state index contributed by atoms with van der Waals surface area (Å²) in [6.07, 6.45) is 5.07. The first kappa shape index (κ1) is 19.7. The van der Waals surface area contributed by atoms with E-state index in [1.807, 2.05) is 48.5 Å². The molecule has 5 heteroatoms. The molecule has 144 valence electrons. The SMILES string of the molecule is COc1ccc(C2(C(=O)Nc3ccc(OCCBr)cc3)CCCCC2)cc1. The number of nitrogens with one attached hydrogen (secondary N) is 1. The van der Waals surface area contributed by atoms with Gasteiger partial charge in [0.25, 0.3) is 0 Å². The summed E-state index contributed by atoms with van der Waals surface area (Å²) in [6.45, 7) is 0.617. The van der Waals surface area contributed by atoms with Crippen LogP contribution in [0.5, 0.6) is 11.5 Å². The van der Waals surface area contributed by atoms with Crippen LogP contribution in [0.1, 0.15) is 37.7 Å². The highest BCUT2D eigenvalue weighted by Crippen LogP contribution is 2.41. The number of carbonyl (C=O) groups excluding carboxylic acids is 1. The van der Waals surface area contributed by atoms with E-state index in [2.05, 4.69) is 21.2 Å². The first-order valence-electron chi connectivity index (χ1n) is 9.43. The van der Waals surface area contributed by atoms with Crippen LogP contribution >= 0.6 is 15.9 Å². The number of methoxy groups -OCH3 is 1. The summed E-state index contributed by atoms with van der Waals surface area (Å²) in [7, 11) is 1.66. The minimum Gasteiger partial charge on any atom is -0.497 e. The number of halogens is 1. The molecule has 2 aromatic carbocycles. The molecule has 0 aromatic heterocycles. The summed E-state index contributed by atoms with van der Waals surface area (Å²) in [5.41, 5.74) is 1.39. The van der Waals surface area contributed by atoms with Gasteiger partial charge < -0.3 is 14.8 Å². The van der Waals surface area contributed by atoms with Crippen LogP contribution in [0.3, 0.4) is 0 Å². The second kappa shape index (κ2) is 9.27. The van der Waals surface area contributed by atoms with Crippen LogP contribution in [0.4, 0.5) is 5.69 Å². The molecular formula is C22H26BrNO3. The summed E-state index contributed by atoms with van der Waals surface area (Å²) in [5.74, 6) is 1.68. The molecule has 1 aliphatic carbocycles. The minimum atomic E-state index is -0.477. The maximum Gasteiger partial charge on any atom is 0.235 e. The van der Waals surface area contributed by atoms with Crippen molar-refractivity contribution in [2.75, 3.05) is 24.4 Å². The Morgan fingerprint density at radius 2 is 1.63 bits per heavy atom. The number of carbonyl (C=O) groups is 1. The van der Waals surface area contributed by atoms with E-state index >= 15 is 0 Å². The number of alkyl halides is 1.